The predicted molar refractivity (Wildman–Crippen MR) is 107 cm³/mol. The Labute approximate surface area is 162 Å². The minimum absolute atomic E-state index is 0.0363. The highest BCUT2D eigenvalue weighted by molar-refractivity contribution is 5.85. The number of hydrogen-bond donors (Lipinski definition) is 3. The number of likely N-dealkylation sites (tertiary alicyclic amines) is 1. The number of rotatable bonds is 10. The number of likely N-dealkylation sites (N-methyl/N-ethyl adjacent to an activating group) is 2. The van der Waals surface area contributed by atoms with Crippen LogP contribution in [0.25, 0.3) is 0 Å². The largest absolute Gasteiger partial charge is 0.382 e. The molecule has 0 aromatic heterocycles. The first-order valence-electron chi connectivity index (χ1n) is 9.72. The fraction of sp³-hybridized carbons (Fsp3) is 0.833. The number of aliphatic imine (C=N–C) groups is 1. The lowest BCUT2D eigenvalue weighted by atomic mass is 10.1. The van der Waals surface area contributed by atoms with Crippen LogP contribution >= 0.6 is 0 Å². The lowest BCUT2D eigenvalue weighted by Gasteiger charge is -2.32. The van der Waals surface area contributed by atoms with E-state index in [-0.39, 0.29) is 24.4 Å². The Morgan fingerprint density at radius 2 is 1.96 bits per heavy atom. The highest BCUT2D eigenvalue weighted by Gasteiger charge is 2.21. The molecule has 0 spiro atoms. The standard InChI is InChI=1S/C18H36N6O3/c1-5-27-12-6-9-20-18(21-13-17(26)23(3)4)22-15-7-10-24(11-8-15)14-16(25)19-2/h15H,5-14H2,1-4H3,(H,19,25)(H2,20,21,22). The second-order valence-corrected chi connectivity index (χ2v) is 6.80. The molecule has 1 fully saturated rings. The second kappa shape index (κ2) is 13.3. The number of carbonyl (C=O) groups excluding carboxylic acids is 2. The lowest BCUT2D eigenvalue weighted by Crippen LogP contribution is -2.50. The quantitative estimate of drug-likeness (QED) is 0.260. The summed E-state index contributed by atoms with van der Waals surface area (Å²) in [6.07, 6.45) is 2.73. The Bertz CT molecular complexity index is 476. The Morgan fingerprint density at radius 3 is 2.56 bits per heavy atom. The summed E-state index contributed by atoms with van der Waals surface area (Å²) in [6.45, 7) is 6.40. The Hall–Kier alpha value is -1.87. The van der Waals surface area contributed by atoms with E-state index in [2.05, 4.69) is 25.8 Å². The fourth-order valence-electron chi connectivity index (χ4n) is 2.68. The van der Waals surface area contributed by atoms with Crippen LogP contribution in [0.2, 0.25) is 0 Å². The van der Waals surface area contributed by atoms with Gasteiger partial charge in [0.2, 0.25) is 11.8 Å². The van der Waals surface area contributed by atoms with Gasteiger partial charge >= 0.3 is 0 Å². The van der Waals surface area contributed by atoms with Gasteiger partial charge < -0.3 is 25.6 Å². The van der Waals surface area contributed by atoms with E-state index in [1.54, 1.807) is 21.1 Å². The second-order valence-electron chi connectivity index (χ2n) is 6.80. The molecule has 2 amide bonds. The topological polar surface area (TPSA) is 98.3 Å². The third-order valence-corrected chi connectivity index (χ3v) is 4.41. The summed E-state index contributed by atoms with van der Waals surface area (Å²) < 4.78 is 5.35. The van der Waals surface area contributed by atoms with Gasteiger partial charge in [-0.3, -0.25) is 14.5 Å². The zero-order valence-electron chi connectivity index (χ0n) is 17.2. The van der Waals surface area contributed by atoms with Crippen molar-refractivity contribution in [2.24, 2.45) is 4.99 Å². The molecule has 0 unspecified atom stereocenters. The van der Waals surface area contributed by atoms with Crippen molar-refractivity contribution < 1.29 is 14.3 Å². The molecule has 1 aliphatic rings. The van der Waals surface area contributed by atoms with Gasteiger partial charge in [0.15, 0.2) is 5.96 Å². The number of ether oxygens (including phenoxy) is 1. The van der Waals surface area contributed by atoms with Crippen LogP contribution in [0.1, 0.15) is 26.2 Å². The van der Waals surface area contributed by atoms with Crippen LogP contribution in [0.15, 0.2) is 4.99 Å². The summed E-state index contributed by atoms with van der Waals surface area (Å²) in [5.41, 5.74) is 0. The molecule has 0 aromatic rings. The van der Waals surface area contributed by atoms with Gasteiger partial charge in [0, 0.05) is 60.0 Å². The summed E-state index contributed by atoms with van der Waals surface area (Å²) >= 11 is 0. The number of amides is 2. The molecule has 1 aliphatic heterocycles. The first-order chi connectivity index (χ1) is 13.0. The SMILES string of the molecule is CCOCCCNC(=NCC(=O)N(C)C)NC1CCN(CC(=O)NC)CC1. The molecule has 27 heavy (non-hydrogen) atoms. The molecule has 0 atom stereocenters. The number of piperidine rings is 1. The van der Waals surface area contributed by atoms with Gasteiger partial charge in [-0.25, -0.2) is 4.99 Å². The average molecular weight is 385 g/mol. The van der Waals surface area contributed by atoms with Gasteiger partial charge in [0.1, 0.15) is 6.54 Å². The fourth-order valence-corrected chi connectivity index (χ4v) is 2.68. The highest BCUT2D eigenvalue weighted by atomic mass is 16.5. The summed E-state index contributed by atoms with van der Waals surface area (Å²) in [5, 5.41) is 9.37. The van der Waals surface area contributed by atoms with Crippen molar-refractivity contribution in [1.29, 1.82) is 0 Å². The average Bonchev–Trinajstić information content (AvgIpc) is 2.66. The molecule has 156 valence electrons. The van der Waals surface area contributed by atoms with Crippen molar-refractivity contribution in [3.8, 4) is 0 Å². The van der Waals surface area contributed by atoms with Gasteiger partial charge in [-0.1, -0.05) is 0 Å². The first kappa shape index (κ1) is 23.2. The van der Waals surface area contributed by atoms with Crippen molar-refractivity contribution in [1.82, 2.24) is 25.8 Å². The third-order valence-electron chi connectivity index (χ3n) is 4.41. The maximum atomic E-state index is 11.8. The van der Waals surface area contributed by atoms with E-state index in [1.807, 2.05) is 6.92 Å². The molecule has 1 rings (SSSR count). The summed E-state index contributed by atoms with van der Waals surface area (Å²) in [5.74, 6) is 0.666. The minimum Gasteiger partial charge on any atom is -0.382 e. The van der Waals surface area contributed by atoms with Crippen LogP contribution in [-0.4, -0.2) is 101 Å². The van der Waals surface area contributed by atoms with E-state index >= 15 is 0 Å². The summed E-state index contributed by atoms with van der Waals surface area (Å²) in [4.78, 5) is 31.4. The van der Waals surface area contributed by atoms with Crippen molar-refractivity contribution in [2.45, 2.75) is 32.2 Å². The van der Waals surface area contributed by atoms with E-state index in [1.165, 1.54) is 4.90 Å². The molecule has 0 aromatic carbocycles. The summed E-state index contributed by atoms with van der Waals surface area (Å²) in [7, 11) is 5.11. The number of nitrogens with one attached hydrogen (secondary N) is 3. The molecule has 9 heteroatoms. The van der Waals surface area contributed by atoms with Crippen LogP contribution in [0.5, 0.6) is 0 Å². The van der Waals surface area contributed by atoms with E-state index in [9.17, 15) is 9.59 Å². The molecule has 0 aliphatic carbocycles. The van der Waals surface area contributed by atoms with Crippen molar-refractivity contribution in [3.05, 3.63) is 0 Å². The molecule has 3 N–H and O–H groups in total. The van der Waals surface area contributed by atoms with Crippen LogP contribution in [-0.2, 0) is 14.3 Å². The van der Waals surface area contributed by atoms with Gasteiger partial charge in [-0.15, -0.1) is 0 Å². The van der Waals surface area contributed by atoms with Gasteiger partial charge in [0.25, 0.3) is 0 Å². The van der Waals surface area contributed by atoms with Crippen molar-refractivity contribution >= 4 is 17.8 Å². The van der Waals surface area contributed by atoms with E-state index in [4.69, 9.17) is 4.74 Å². The minimum atomic E-state index is -0.0363. The maximum absolute atomic E-state index is 11.8. The zero-order chi connectivity index (χ0) is 20.1. The normalized spacial score (nSPS) is 16.1. The number of carbonyl (C=O) groups is 2. The molecule has 1 saturated heterocycles. The third kappa shape index (κ3) is 10.1. The monoisotopic (exact) mass is 384 g/mol. The number of guanidine groups is 1. The molecule has 0 saturated carbocycles. The van der Waals surface area contributed by atoms with Gasteiger partial charge in [-0.05, 0) is 26.2 Å². The molecule has 1 heterocycles. The van der Waals surface area contributed by atoms with Crippen molar-refractivity contribution in [2.75, 3.05) is 67.1 Å². The van der Waals surface area contributed by atoms with Gasteiger partial charge in [-0.2, -0.15) is 0 Å². The number of hydrogen-bond acceptors (Lipinski definition) is 5. The van der Waals surface area contributed by atoms with Crippen LogP contribution < -0.4 is 16.0 Å². The van der Waals surface area contributed by atoms with Crippen LogP contribution in [0.4, 0.5) is 0 Å². The first-order valence-corrected chi connectivity index (χ1v) is 9.72. The molecular formula is C18H36N6O3. The smallest absolute Gasteiger partial charge is 0.243 e. The molecule has 9 nitrogen and oxygen atoms in total. The van der Waals surface area contributed by atoms with Gasteiger partial charge in [0.05, 0.1) is 6.54 Å². The highest BCUT2D eigenvalue weighted by Crippen LogP contribution is 2.09. The van der Waals surface area contributed by atoms with E-state index in [0.717, 1.165) is 38.9 Å². The van der Waals surface area contributed by atoms with E-state index in [0.29, 0.717) is 25.7 Å². The molecule has 0 bridgehead atoms. The van der Waals surface area contributed by atoms with Crippen LogP contribution in [0.3, 0.4) is 0 Å². The van der Waals surface area contributed by atoms with Crippen molar-refractivity contribution in [3.63, 3.8) is 0 Å². The predicted octanol–water partition coefficient (Wildman–Crippen LogP) is -0.753. The lowest BCUT2D eigenvalue weighted by molar-refractivity contribution is -0.127. The Balaban J connectivity index is 2.48. The molecule has 0 radical (unpaired) electrons. The number of nitrogens with zero attached hydrogens (tertiary/aromatic N) is 3. The summed E-state index contributed by atoms with van der Waals surface area (Å²) in [6, 6.07) is 0.276. The zero-order valence-corrected chi connectivity index (χ0v) is 17.2. The van der Waals surface area contributed by atoms with E-state index < -0.39 is 0 Å². The molecular weight excluding hydrogens is 348 g/mol. The maximum Gasteiger partial charge on any atom is 0.243 e. The Morgan fingerprint density at radius 1 is 1.26 bits per heavy atom. The van der Waals surface area contributed by atoms with Crippen LogP contribution in [0, 0.1) is 0 Å². The Kier molecular flexibility index (Phi) is 11.4.